The predicted octanol–water partition coefficient (Wildman–Crippen LogP) is 3.57. The Bertz CT molecular complexity index is 1230. The van der Waals surface area contributed by atoms with E-state index in [1.807, 2.05) is 12.1 Å². The number of non-ortho nitro benzene ring substituents is 1. The Hall–Kier alpha value is -4.38. The van der Waals surface area contributed by atoms with Crippen molar-refractivity contribution in [3.63, 3.8) is 0 Å². The second kappa shape index (κ2) is 13.8. The first-order valence-electron chi connectivity index (χ1n) is 11.9. The summed E-state index contributed by atoms with van der Waals surface area (Å²) in [6, 6.07) is 14.5. The first-order chi connectivity index (χ1) is 18.4. The molecule has 0 bridgehead atoms. The van der Waals surface area contributed by atoms with Crippen molar-refractivity contribution < 1.29 is 33.1 Å². The summed E-state index contributed by atoms with van der Waals surface area (Å²) in [5, 5.41) is 11.2. The standard InChI is InChI=1S/C27H31N3O8/c1-35-15-13-29(27(32)21-6-4-7-22(17-21)30(33)34)19-26(31)28(18-23-8-5-14-38-23)12-11-20-9-10-24(36-2)25(16-20)37-3/h4-10,14,16-17H,11-13,15,18-19H2,1-3H3. The van der Waals surface area contributed by atoms with Gasteiger partial charge in [0.1, 0.15) is 12.3 Å². The van der Waals surface area contributed by atoms with E-state index in [0.717, 1.165) is 5.56 Å². The second-order valence-electron chi connectivity index (χ2n) is 8.36. The molecule has 0 atom stereocenters. The van der Waals surface area contributed by atoms with Crippen LogP contribution < -0.4 is 9.47 Å². The fraction of sp³-hybridized carbons (Fsp3) is 0.333. The van der Waals surface area contributed by atoms with Crippen LogP contribution in [0.3, 0.4) is 0 Å². The van der Waals surface area contributed by atoms with Crippen LogP contribution in [0.25, 0.3) is 0 Å². The van der Waals surface area contributed by atoms with Crippen molar-refractivity contribution in [1.29, 1.82) is 0 Å². The Morgan fingerprint density at radius 2 is 1.74 bits per heavy atom. The van der Waals surface area contributed by atoms with E-state index < -0.39 is 10.8 Å². The van der Waals surface area contributed by atoms with E-state index in [2.05, 4.69) is 0 Å². The van der Waals surface area contributed by atoms with Gasteiger partial charge >= 0.3 is 0 Å². The van der Waals surface area contributed by atoms with E-state index in [0.29, 0.717) is 30.2 Å². The van der Waals surface area contributed by atoms with E-state index in [1.165, 1.54) is 42.5 Å². The monoisotopic (exact) mass is 525 g/mol. The minimum Gasteiger partial charge on any atom is -0.493 e. The van der Waals surface area contributed by atoms with Crippen molar-refractivity contribution in [3.05, 3.63) is 87.9 Å². The number of hydrogen-bond acceptors (Lipinski definition) is 8. The van der Waals surface area contributed by atoms with Gasteiger partial charge in [-0.05, 0) is 42.3 Å². The Labute approximate surface area is 220 Å². The van der Waals surface area contributed by atoms with Crippen LogP contribution in [0.1, 0.15) is 21.7 Å². The van der Waals surface area contributed by atoms with E-state index in [9.17, 15) is 19.7 Å². The molecule has 11 heteroatoms. The van der Waals surface area contributed by atoms with Crippen molar-refractivity contribution >= 4 is 17.5 Å². The highest BCUT2D eigenvalue weighted by molar-refractivity contribution is 5.97. The molecular weight excluding hydrogens is 494 g/mol. The fourth-order valence-electron chi connectivity index (χ4n) is 3.84. The highest BCUT2D eigenvalue weighted by atomic mass is 16.6. The number of ether oxygens (including phenoxy) is 3. The molecule has 2 aromatic carbocycles. The molecule has 1 heterocycles. The third-order valence-corrected chi connectivity index (χ3v) is 5.88. The Morgan fingerprint density at radius 3 is 2.39 bits per heavy atom. The molecule has 1 aromatic heterocycles. The highest BCUT2D eigenvalue weighted by Crippen LogP contribution is 2.28. The molecule has 0 fully saturated rings. The molecule has 0 N–H and O–H groups in total. The van der Waals surface area contributed by atoms with Crippen LogP contribution in [-0.4, -0.2) is 74.1 Å². The highest BCUT2D eigenvalue weighted by Gasteiger charge is 2.24. The average Bonchev–Trinajstić information content (AvgIpc) is 3.45. The molecule has 0 radical (unpaired) electrons. The summed E-state index contributed by atoms with van der Waals surface area (Å²) in [4.78, 5) is 40.3. The topological polar surface area (TPSA) is 125 Å². The number of nitrogens with zero attached hydrogens (tertiary/aromatic N) is 3. The molecule has 0 saturated carbocycles. The molecule has 3 aromatic rings. The first kappa shape index (κ1) is 28.2. The number of nitro groups is 1. The van der Waals surface area contributed by atoms with Crippen LogP contribution >= 0.6 is 0 Å². The van der Waals surface area contributed by atoms with E-state index >= 15 is 0 Å². The zero-order chi connectivity index (χ0) is 27.5. The lowest BCUT2D eigenvalue weighted by Gasteiger charge is -2.27. The third kappa shape index (κ3) is 7.56. The molecule has 2 amide bonds. The summed E-state index contributed by atoms with van der Waals surface area (Å²) in [6.07, 6.45) is 2.05. The van der Waals surface area contributed by atoms with Gasteiger partial charge in [-0.2, -0.15) is 0 Å². The molecular formula is C27H31N3O8. The predicted molar refractivity (Wildman–Crippen MR) is 138 cm³/mol. The minimum atomic E-state index is -0.569. The van der Waals surface area contributed by atoms with Gasteiger partial charge in [0.15, 0.2) is 11.5 Å². The molecule has 0 aliphatic carbocycles. The molecule has 3 rings (SSSR count). The average molecular weight is 526 g/mol. The first-order valence-corrected chi connectivity index (χ1v) is 11.9. The maximum absolute atomic E-state index is 13.5. The van der Waals surface area contributed by atoms with Crippen molar-refractivity contribution in [2.45, 2.75) is 13.0 Å². The largest absolute Gasteiger partial charge is 0.493 e. The van der Waals surface area contributed by atoms with Crippen molar-refractivity contribution in [1.82, 2.24) is 9.80 Å². The summed E-state index contributed by atoms with van der Waals surface area (Å²) >= 11 is 0. The summed E-state index contributed by atoms with van der Waals surface area (Å²) in [7, 11) is 4.61. The smallest absolute Gasteiger partial charge is 0.270 e. The molecule has 11 nitrogen and oxygen atoms in total. The van der Waals surface area contributed by atoms with Crippen LogP contribution in [-0.2, 0) is 22.5 Å². The quantitative estimate of drug-likeness (QED) is 0.231. The molecule has 38 heavy (non-hydrogen) atoms. The van der Waals surface area contributed by atoms with Gasteiger partial charge in [0.2, 0.25) is 5.91 Å². The fourth-order valence-corrected chi connectivity index (χ4v) is 3.84. The zero-order valence-corrected chi connectivity index (χ0v) is 21.6. The number of nitro benzene ring substituents is 1. The molecule has 0 unspecified atom stereocenters. The van der Waals surface area contributed by atoms with Crippen LogP contribution in [0.2, 0.25) is 0 Å². The maximum Gasteiger partial charge on any atom is 0.270 e. The van der Waals surface area contributed by atoms with Crippen LogP contribution in [0.4, 0.5) is 5.69 Å². The van der Waals surface area contributed by atoms with Crippen LogP contribution in [0.5, 0.6) is 11.5 Å². The van der Waals surface area contributed by atoms with Gasteiger partial charge in [0, 0.05) is 37.9 Å². The maximum atomic E-state index is 13.5. The van der Waals surface area contributed by atoms with Crippen molar-refractivity contribution in [2.75, 3.05) is 47.6 Å². The van der Waals surface area contributed by atoms with Gasteiger partial charge in [0.05, 0.1) is 38.6 Å². The summed E-state index contributed by atoms with van der Waals surface area (Å²) in [5.41, 5.74) is 0.845. The summed E-state index contributed by atoms with van der Waals surface area (Å²) in [5.74, 6) is 0.975. The molecule has 202 valence electrons. The van der Waals surface area contributed by atoms with Crippen molar-refractivity contribution in [3.8, 4) is 11.5 Å². The number of carbonyl (C=O) groups excluding carboxylic acids is 2. The lowest BCUT2D eigenvalue weighted by molar-refractivity contribution is -0.384. The normalized spacial score (nSPS) is 10.6. The van der Waals surface area contributed by atoms with Crippen LogP contribution in [0, 0.1) is 10.1 Å². The lowest BCUT2D eigenvalue weighted by atomic mass is 10.1. The zero-order valence-electron chi connectivity index (χ0n) is 21.6. The third-order valence-electron chi connectivity index (χ3n) is 5.88. The van der Waals surface area contributed by atoms with Gasteiger partial charge in [-0.15, -0.1) is 0 Å². The van der Waals surface area contributed by atoms with Gasteiger partial charge < -0.3 is 28.4 Å². The van der Waals surface area contributed by atoms with Gasteiger partial charge in [-0.25, -0.2) is 0 Å². The number of amides is 2. The summed E-state index contributed by atoms with van der Waals surface area (Å²) < 4.78 is 21.3. The van der Waals surface area contributed by atoms with E-state index in [4.69, 9.17) is 18.6 Å². The molecule has 0 spiro atoms. The molecule has 0 aliphatic rings. The molecule has 0 aliphatic heterocycles. The van der Waals surface area contributed by atoms with Gasteiger partial charge in [-0.1, -0.05) is 12.1 Å². The Balaban J connectivity index is 1.79. The van der Waals surface area contributed by atoms with E-state index in [-0.39, 0.29) is 43.4 Å². The SMILES string of the molecule is COCCN(CC(=O)N(CCc1ccc(OC)c(OC)c1)Cc1ccco1)C(=O)c1cccc([N+](=O)[O-])c1. The van der Waals surface area contributed by atoms with E-state index in [1.54, 1.807) is 37.3 Å². The van der Waals surface area contributed by atoms with Crippen molar-refractivity contribution in [2.24, 2.45) is 0 Å². The van der Waals surface area contributed by atoms with Gasteiger partial charge in [0.25, 0.3) is 11.6 Å². The summed E-state index contributed by atoms with van der Waals surface area (Å²) in [6.45, 7) is 0.643. The Morgan fingerprint density at radius 1 is 0.947 bits per heavy atom. The Kier molecular flexibility index (Phi) is 10.2. The number of methoxy groups -OCH3 is 3. The second-order valence-corrected chi connectivity index (χ2v) is 8.36. The minimum absolute atomic E-state index is 0.117. The number of benzene rings is 2. The number of carbonyl (C=O) groups is 2. The van der Waals surface area contributed by atoms with Crippen LogP contribution in [0.15, 0.2) is 65.3 Å². The molecule has 0 saturated heterocycles. The number of rotatable bonds is 14. The van der Waals surface area contributed by atoms with Gasteiger partial charge in [-0.3, -0.25) is 19.7 Å². The number of furan rings is 1. The lowest BCUT2D eigenvalue weighted by Crippen LogP contribution is -2.44. The number of hydrogen-bond donors (Lipinski definition) is 0.